The molecule has 0 heterocycles. The smallest absolute Gasteiger partial charge is 0.870 e. The van der Waals surface area contributed by atoms with Crippen molar-refractivity contribution >= 4 is 67.1 Å². The third-order valence-electron chi connectivity index (χ3n) is 5.68. The molecule has 196 valence electrons. The summed E-state index contributed by atoms with van der Waals surface area (Å²) in [6.07, 6.45) is 0.193. The van der Waals surface area contributed by atoms with E-state index in [1.165, 1.54) is 31.4 Å². The van der Waals surface area contributed by atoms with Gasteiger partial charge in [0.15, 0.2) is 0 Å². The van der Waals surface area contributed by atoms with Crippen molar-refractivity contribution in [3.05, 3.63) is 81.8 Å². The molecular formula is C26H20Cl2N3NaO6S. The average molecular weight is 596 g/mol. The van der Waals surface area contributed by atoms with Gasteiger partial charge >= 0.3 is 29.6 Å². The molecule has 0 saturated heterocycles. The first kappa shape index (κ1) is 30.8. The number of hydrogen-bond acceptors (Lipinski definition) is 7. The molecule has 0 aliphatic carbocycles. The van der Waals surface area contributed by atoms with E-state index in [9.17, 15) is 22.9 Å². The van der Waals surface area contributed by atoms with Crippen molar-refractivity contribution in [3.8, 4) is 11.5 Å². The molecule has 4 rings (SSSR count). The molecule has 0 bridgehead atoms. The van der Waals surface area contributed by atoms with Gasteiger partial charge in [-0.15, -0.1) is 5.11 Å². The summed E-state index contributed by atoms with van der Waals surface area (Å²) in [7, 11) is -3.26. The largest absolute Gasteiger partial charge is 1.00 e. The van der Waals surface area contributed by atoms with Crippen molar-refractivity contribution in [1.82, 2.24) is 0 Å². The Kier molecular flexibility index (Phi) is 10.0. The van der Waals surface area contributed by atoms with Crippen LogP contribution in [0.5, 0.6) is 11.5 Å². The van der Waals surface area contributed by atoms with Gasteiger partial charge < -0.3 is 15.2 Å². The minimum Gasteiger partial charge on any atom is -0.870 e. The number of benzene rings is 4. The Labute approximate surface area is 256 Å². The predicted octanol–water partition coefficient (Wildman–Crippen LogP) is 3.71. The van der Waals surface area contributed by atoms with Gasteiger partial charge in [-0.3, -0.25) is 9.35 Å². The molecule has 0 saturated carbocycles. The molecule has 0 aliphatic heterocycles. The van der Waals surface area contributed by atoms with E-state index in [2.05, 4.69) is 15.5 Å². The Morgan fingerprint density at radius 3 is 2.41 bits per heavy atom. The van der Waals surface area contributed by atoms with Crippen LogP contribution in [0.2, 0.25) is 10.0 Å². The quantitative estimate of drug-likeness (QED) is 0.189. The van der Waals surface area contributed by atoms with E-state index in [1.54, 1.807) is 43.3 Å². The van der Waals surface area contributed by atoms with Crippen LogP contribution in [0.25, 0.3) is 10.8 Å². The van der Waals surface area contributed by atoms with Gasteiger partial charge in [-0.25, -0.2) is 0 Å². The van der Waals surface area contributed by atoms with E-state index in [4.69, 9.17) is 27.9 Å². The van der Waals surface area contributed by atoms with Crippen molar-refractivity contribution in [2.45, 2.75) is 18.2 Å². The maximum absolute atomic E-state index is 13.4. The Morgan fingerprint density at radius 1 is 1.05 bits per heavy atom. The zero-order chi connectivity index (χ0) is 27.6. The summed E-state index contributed by atoms with van der Waals surface area (Å²) in [5.74, 6) is -1.03. The number of methoxy groups -OCH3 is 1. The fraction of sp³-hybridized carbons (Fsp3) is 0.115. The number of amides is 1. The molecule has 4 aromatic rings. The van der Waals surface area contributed by atoms with Gasteiger partial charge in [-0.05, 0) is 53.8 Å². The Balaban J connectivity index is 0.00000420. The third kappa shape index (κ3) is 6.55. The summed E-state index contributed by atoms with van der Waals surface area (Å²) in [4.78, 5) is 12.6. The summed E-state index contributed by atoms with van der Waals surface area (Å²) >= 11 is 12.3. The van der Waals surface area contributed by atoms with Crippen molar-refractivity contribution in [2.75, 3.05) is 12.4 Å². The third-order valence-corrected chi connectivity index (χ3v) is 7.30. The van der Waals surface area contributed by atoms with Gasteiger partial charge in [0.25, 0.3) is 16.0 Å². The molecule has 0 aromatic heterocycles. The van der Waals surface area contributed by atoms with Gasteiger partial charge in [0.1, 0.15) is 16.3 Å². The number of nitrogens with zero attached hydrogens (tertiary/aromatic N) is 2. The molecule has 0 aliphatic rings. The average Bonchev–Trinajstić information content (AvgIpc) is 2.87. The standard InChI is InChI=1S/C26H21Cl2N3O6S.Na/c1-3-16-19(27)9-10-21(25(16)38(34,35)36)30-31-23-17-7-5-4-6-14(17)12-18(24(23)32)26(33)29-15-8-11-22(37-2)20(28)13-15;/h4-13,32H,3H2,1-2H3,(H,29,33)(H,34,35,36);/q;+1/p-1. The van der Waals surface area contributed by atoms with Crippen LogP contribution in [0.1, 0.15) is 22.8 Å². The number of carbonyl (C=O) groups excluding carboxylic acids is 1. The van der Waals surface area contributed by atoms with E-state index < -0.39 is 26.7 Å². The van der Waals surface area contributed by atoms with Crippen molar-refractivity contribution in [1.29, 1.82) is 0 Å². The maximum Gasteiger partial charge on any atom is 1.00 e. The fourth-order valence-corrected chi connectivity index (χ4v) is 5.45. The van der Waals surface area contributed by atoms with Gasteiger partial charge in [0.05, 0.1) is 17.8 Å². The molecular weight excluding hydrogens is 576 g/mol. The number of halogens is 2. The molecule has 0 fully saturated rings. The van der Waals surface area contributed by atoms with Crippen molar-refractivity contribution in [2.24, 2.45) is 10.2 Å². The van der Waals surface area contributed by atoms with Gasteiger partial charge in [0, 0.05) is 21.7 Å². The van der Waals surface area contributed by atoms with Crippen LogP contribution in [-0.4, -0.2) is 26.0 Å². The Morgan fingerprint density at radius 2 is 1.77 bits per heavy atom. The van der Waals surface area contributed by atoms with Crippen LogP contribution in [0.15, 0.2) is 75.8 Å². The van der Waals surface area contributed by atoms with E-state index >= 15 is 0 Å². The van der Waals surface area contributed by atoms with E-state index in [-0.39, 0.29) is 68.5 Å². The first-order chi connectivity index (χ1) is 18.0. The first-order valence-electron chi connectivity index (χ1n) is 11.1. The number of rotatable bonds is 7. The molecule has 0 spiro atoms. The molecule has 39 heavy (non-hydrogen) atoms. The van der Waals surface area contributed by atoms with Crippen molar-refractivity contribution in [3.63, 3.8) is 0 Å². The summed E-state index contributed by atoms with van der Waals surface area (Å²) in [5.41, 5.74) is -0.119. The van der Waals surface area contributed by atoms with E-state index in [1.807, 2.05) is 0 Å². The summed E-state index contributed by atoms with van der Waals surface area (Å²) in [6, 6.07) is 15.5. The number of anilines is 1. The van der Waals surface area contributed by atoms with Crippen LogP contribution in [-0.2, 0) is 16.5 Å². The monoisotopic (exact) mass is 595 g/mol. The second kappa shape index (κ2) is 12.6. The molecule has 2 N–H and O–H groups in total. The predicted molar refractivity (Wildman–Crippen MR) is 144 cm³/mol. The molecule has 0 radical (unpaired) electrons. The Hall–Kier alpha value is -2.70. The number of carbonyl (C=O) groups is 1. The minimum atomic E-state index is -4.72. The molecule has 0 unspecified atom stereocenters. The van der Waals surface area contributed by atoms with Gasteiger partial charge in [-0.1, -0.05) is 60.1 Å². The number of ether oxygens (including phenoxy) is 1. The molecule has 4 aromatic carbocycles. The van der Waals surface area contributed by atoms with Crippen LogP contribution >= 0.6 is 23.2 Å². The zero-order valence-electron chi connectivity index (χ0n) is 21.0. The maximum atomic E-state index is 13.4. The molecule has 13 heteroatoms. The van der Waals surface area contributed by atoms with E-state index in [0.717, 1.165) is 0 Å². The summed E-state index contributed by atoms with van der Waals surface area (Å²) < 4.78 is 39.2. The first-order valence-corrected chi connectivity index (χ1v) is 13.3. The van der Waals surface area contributed by atoms with Gasteiger partial charge in [0.2, 0.25) is 0 Å². The minimum absolute atomic E-state index is 0. The zero-order valence-corrected chi connectivity index (χ0v) is 25.4. The molecule has 9 nitrogen and oxygen atoms in total. The number of hydrogen-bond donors (Lipinski definition) is 2. The molecule has 1 amide bonds. The van der Waals surface area contributed by atoms with Gasteiger partial charge in [-0.2, -0.15) is 13.5 Å². The fourth-order valence-electron chi connectivity index (χ4n) is 3.91. The van der Waals surface area contributed by atoms with Crippen LogP contribution in [0, 0.1) is 0 Å². The normalized spacial score (nSPS) is 11.4. The number of azo groups is 1. The topological polar surface area (TPSA) is 140 Å². The summed E-state index contributed by atoms with van der Waals surface area (Å²) in [6.45, 7) is 1.66. The molecule has 0 atom stereocenters. The number of fused-ring (bicyclic) bond motifs is 1. The second-order valence-electron chi connectivity index (χ2n) is 8.03. The van der Waals surface area contributed by atoms with E-state index in [0.29, 0.717) is 22.2 Å². The van der Waals surface area contributed by atoms with Crippen LogP contribution in [0.3, 0.4) is 0 Å². The Bertz CT molecular complexity index is 1710. The van der Waals surface area contributed by atoms with Crippen LogP contribution in [0.4, 0.5) is 17.1 Å². The van der Waals surface area contributed by atoms with Crippen LogP contribution < -0.4 is 44.7 Å². The summed E-state index contributed by atoms with van der Waals surface area (Å²) in [5, 5.41) is 25.4. The number of nitrogens with one attached hydrogen (secondary N) is 1. The van der Waals surface area contributed by atoms with Crippen molar-refractivity contribution < 1.29 is 57.2 Å². The SMILES string of the molecule is CCc1c(Cl)ccc(N=Nc2c([O-])c(C(=O)Nc3ccc(OC)c(Cl)c3)cc3ccccc23)c1S(=O)(=O)O.[Na+]. The second-order valence-corrected chi connectivity index (χ2v) is 10.2.